The normalized spacial score (nSPS) is 15.4. The van der Waals surface area contributed by atoms with Gasteiger partial charge in [-0.15, -0.1) is 0 Å². The summed E-state index contributed by atoms with van der Waals surface area (Å²) >= 11 is 0. The lowest BCUT2D eigenvalue weighted by molar-refractivity contribution is -0.0941. The highest BCUT2D eigenvalue weighted by Crippen LogP contribution is 2.36. The van der Waals surface area contributed by atoms with E-state index in [9.17, 15) is 0 Å². The Kier molecular flexibility index (Phi) is 7.59. The van der Waals surface area contributed by atoms with Crippen molar-refractivity contribution in [3.8, 4) is 0 Å². The van der Waals surface area contributed by atoms with Gasteiger partial charge in [0.25, 0.3) is 0 Å². The minimum Gasteiger partial charge on any atom is -0.369 e. The first kappa shape index (κ1) is 21.3. The molecule has 3 aromatic rings. The Bertz CT molecular complexity index is 834. The Labute approximate surface area is 174 Å². The fraction of sp³-hybridized carbons (Fsp3) is 0.308. The van der Waals surface area contributed by atoms with E-state index in [-0.39, 0.29) is 17.7 Å². The Morgan fingerprint density at radius 1 is 0.724 bits per heavy atom. The monoisotopic (exact) mass is 389 g/mol. The zero-order valence-electron chi connectivity index (χ0n) is 17.3. The van der Waals surface area contributed by atoms with Gasteiger partial charge in [0.15, 0.2) is 0 Å². The summed E-state index contributed by atoms with van der Waals surface area (Å²) in [7, 11) is 0. The maximum absolute atomic E-state index is 6.46. The van der Waals surface area contributed by atoms with E-state index in [1.165, 1.54) is 0 Å². The molecule has 3 aromatic carbocycles. The van der Waals surface area contributed by atoms with E-state index in [0.717, 1.165) is 23.1 Å². The van der Waals surface area contributed by atoms with Crippen molar-refractivity contribution in [2.45, 2.75) is 44.6 Å². The molecular formula is C26H31NO2. The largest absolute Gasteiger partial charge is 0.369 e. The van der Waals surface area contributed by atoms with Crippen molar-refractivity contribution in [1.82, 2.24) is 0 Å². The first-order chi connectivity index (χ1) is 14.1. The number of rotatable bonds is 10. The van der Waals surface area contributed by atoms with Gasteiger partial charge >= 0.3 is 0 Å². The topological polar surface area (TPSA) is 44.5 Å². The van der Waals surface area contributed by atoms with Gasteiger partial charge in [0.1, 0.15) is 12.2 Å². The van der Waals surface area contributed by atoms with Gasteiger partial charge in [-0.25, -0.2) is 0 Å². The van der Waals surface area contributed by atoms with Crippen LogP contribution in [0.3, 0.4) is 0 Å². The lowest BCUT2D eigenvalue weighted by Gasteiger charge is -2.32. The van der Waals surface area contributed by atoms with Crippen molar-refractivity contribution in [2.24, 2.45) is 5.73 Å². The van der Waals surface area contributed by atoms with Gasteiger partial charge in [-0.2, -0.15) is 0 Å². The van der Waals surface area contributed by atoms with E-state index in [2.05, 4.69) is 43.3 Å². The zero-order valence-corrected chi connectivity index (χ0v) is 17.3. The van der Waals surface area contributed by atoms with Crippen molar-refractivity contribution in [3.63, 3.8) is 0 Å². The van der Waals surface area contributed by atoms with Crippen LogP contribution in [0.4, 0.5) is 0 Å². The fourth-order valence-corrected chi connectivity index (χ4v) is 3.14. The summed E-state index contributed by atoms with van der Waals surface area (Å²) in [6.45, 7) is 5.08. The van der Waals surface area contributed by atoms with Gasteiger partial charge in [-0.1, -0.05) is 97.9 Å². The average Bonchev–Trinajstić information content (AvgIpc) is 2.78. The van der Waals surface area contributed by atoms with Crippen molar-refractivity contribution in [3.05, 3.63) is 108 Å². The molecule has 3 nitrogen and oxygen atoms in total. The Hall–Kier alpha value is -2.46. The van der Waals surface area contributed by atoms with E-state index in [0.29, 0.717) is 13.2 Å². The van der Waals surface area contributed by atoms with Gasteiger partial charge in [-0.05, 0) is 30.0 Å². The molecule has 0 heterocycles. The van der Waals surface area contributed by atoms with Crippen LogP contribution < -0.4 is 5.73 Å². The van der Waals surface area contributed by atoms with Crippen LogP contribution in [0.15, 0.2) is 91.0 Å². The van der Waals surface area contributed by atoms with Crippen molar-refractivity contribution in [1.29, 1.82) is 0 Å². The van der Waals surface area contributed by atoms with Gasteiger partial charge in [0.2, 0.25) is 0 Å². The van der Waals surface area contributed by atoms with Crippen LogP contribution in [0, 0.1) is 0 Å². The number of hydrogen-bond donors (Lipinski definition) is 1. The van der Waals surface area contributed by atoms with Crippen molar-refractivity contribution < 1.29 is 9.47 Å². The molecule has 3 atom stereocenters. The molecular weight excluding hydrogens is 358 g/mol. The molecule has 2 N–H and O–H groups in total. The van der Waals surface area contributed by atoms with Crippen molar-refractivity contribution >= 4 is 0 Å². The molecule has 3 rings (SSSR count). The zero-order chi connectivity index (χ0) is 20.5. The lowest BCUT2D eigenvalue weighted by atomic mass is 9.96. The van der Waals surface area contributed by atoms with E-state index in [4.69, 9.17) is 15.2 Å². The molecule has 0 bridgehead atoms. The van der Waals surface area contributed by atoms with Crippen LogP contribution >= 0.6 is 0 Å². The standard InChI is InChI=1S/C26H31NO2/c1-3-26(2,27)20-29-25(23-17-11-6-12-18-23)24(22-15-9-5-10-16-22)28-19-21-13-7-4-8-14-21/h4-18,24-25H,3,19-20,27H2,1-2H3/t24-,25-,26+/m1/s1. The Morgan fingerprint density at radius 2 is 1.17 bits per heavy atom. The summed E-state index contributed by atoms with van der Waals surface area (Å²) in [4.78, 5) is 0. The van der Waals surface area contributed by atoms with E-state index in [1.807, 2.05) is 61.5 Å². The quantitative estimate of drug-likeness (QED) is 0.474. The summed E-state index contributed by atoms with van der Waals surface area (Å²) in [5, 5.41) is 0. The SMILES string of the molecule is CC[C@](C)(N)CO[C@H](c1ccccc1)[C@H](OCc1ccccc1)c1ccccc1. The molecule has 0 unspecified atom stereocenters. The van der Waals surface area contributed by atoms with E-state index >= 15 is 0 Å². The van der Waals surface area contributed by atoms with Gasteiger partial charge < -0.3 is 15.2 Å². The molecule has 0 fully saturated rings. The van der Waals surface area contributed by atoms with Crippen molar-refractivity contribution in [2.75, 3.05) is 6.61 Å². The molecule has 0 amide bonds. The molecule has 0 spiro atoms. The summed E-state index contributed by atoms with van der Waals surface area (Å²) < 4.78 is 12.9. The molecule has 3 heteroatoms. The number of nitrogens with two attached hydrogens (primary N) is 1. The van der Waals surface area contributed by atoms with E-state index in [1.54, 1.807) is 0 Å². The summed E-state index contributed by atoms with van der Waals surface area (Å²) in [5.74, 6) is 0. The summed E-state index contributed by atoms with van der Waals surface area (Å²) in [5.41, 5.74) is 9.31. The summed E-state index contributed by atoms with van der Waals surface area (Å²) in [6, 6.07) is 30.8. The van der Waals surface area contributed by atoms with Crippen LogP contribution in [-0.4, -0.2) is 12.1 Å². The van der Waals surface area contributed by atoms with Crippen LogP contribution in [0.25, 0.3) is 0 Å². The number of hydrogen-bond acceptors (Lipinski definition) is 3. The van der Waals surface area contributed by atoms with Crippen LogP contribution in [0.5, 0.6) is 0 Å². The van der Waals surface area contributed by atoms with Crippen LogP contribution in [-0.2, 0) is 16.1 Å². The van der Waals surface area contributed by atoms with Crippen LogP contribution in [0.1, 0.15) is 49.2 Å². The molecule has 0 aliphatic rings. The second-order valence-corrected chi connectivity index (χ2v) is 7.78. The second kappa shape index (κ2) is 10.4. The first-order valence-corrected chi connectivity index (χ1v) is 10.2. The average molecular weight is 390 g/mol. The smallest absolute Gasteiger partial charge is 0.113 e. The molecule has 0 saturated carbocycles. The predicted octanol–water partition coefficient (Wildman–Crippen LogP) is 5.83. The Balaban J connectivity index is 1.90. The maximum Gasteiger partial charge on any atom is 0.113 e. The third-order valence-electron chi connectivity index (χ3n) is 5.20. The molecule has 152 valence electrons. The molecule has 0 aliphatic carbocycles. The third-order valence-corrected chi connectivity index (χ3v) is 5.20. The number of ether oxygens (including phenoxy) is 2. The highest BCUT2D eigenvalue weighted by molar-refractivity contribution is 5.26. The highest BCUT2D eigenvalue weighted by atomic mass is 16.5. The number of benzene rings is 3. The third kappa shape index (κ3) is 6.26. The summed E-state index contributed by atoms with van der Waals surface area (Å²) in [6.07, 6.45) is 0.346. The second-order valence-electron chi connectivity index (χ2n) is 7.78. The van der Waals surface area contributed by atoms with Gasteiger partial charge in [-0.3, -0.25) is 0 Å². The maximum atomic E-state index is 6.46. The molecule has 0 aliphatic heterocycles. The first-order valence-electron chi connectivity index (χ1n) is 10.2. The minimum atomic E-state index is -0.381. The lowest BCUT2D eigenvalue weighted by Crippen LogP contribution is -2.41. The Morgan fingerprint density at radius 3 is 1.66 bits per heavy atom. The van der Waals surface area contributed by atoms with Crippen LogP contribution in [0.2, 0.25) is 0 Å². The molecule has 0 aromatic heterocycles. The van der Waals surface area contributed by atoms with E-state index < -0.39 is 0 Å². The highest BCUT2D eigenvalue weighted by Gasteiger charge is 2.29. The predicted molar refractivity (Wildman–Crippen MR) is 118 cm³/mol. The fourth-order valence-electron chi connectivity index (χ4n) is 3.14. The molecule has 29 heavy (non-hydrogen) atoms. The molecule has 0 saturated heterocycles. The van der Waals surface area contributed by atoms with Gasteiger partial charge in [0, 0.05) is 5.54 Å². The van der Waals surface area contributed by atoms with Gasteiger partial charge in [0.05, 0.1) is 13.2 Å². The minimum absolute atomic E-state index is 0.244. The molecule has 0 radical (unpaired) electrons.